The third kappa shape index (κ3) is 10.5. The molecule has 212 valence electrons. The number of aldehydes is 1. The van der Waals surface area contributed by atoms with E-state index in [0.717, 1.165) is 17.5 Å². The van der Waals surface area contributed by atoms with Crippen molar-refractivity contribution >= 4 is 24.0 Å². The summed E-state index contributed by atoms with van der Waals surface area (Å²) in [5, 5.41) is 8.44. The summed E-state index contributed by atoms with van der Waals surface area (Å²) in [5.41, 5.74) is 2.67. The molecule has 2 aromatic carbocycles. The Morgan fingerprint density at radius 2 is 1.48 bits per heavy atom. The number of aromatic nitrogens is 2. The number of amides is 3. The maximum absolute atomic E-state index is 13.6. The zero-order valence-electron chi connectivity index (χ0n) is 23.1. The van der Waals surface area contributed by atoms with E-state index in [1.165, 1.54) is 6.33 Å². The van der Waals surface area contributed by atoms with Gasteiger partial charge in [0.1, 0.15) is 18.4 Å². The molecule has 3 aromatic rings. The van der Waals surface area contributed by atoms with Crippen LogP contribution >= 0.6 is 0 Å². The molecule has 0 aliphatic heterocycles. The van der Waals surface area contributed by atoms with E-state index in [1.807, 2.05) is 74.5 Å². The van der Waals surface area contributed by atoms with Crippen molar-refractivity contribution in [3.63, 3.8) is 0 Å². The van der Waals surface area contributed by atoms with Crippen molar-refractivity contribution in [2.75, 3.05) is 0 Å². The number of nitrogens with zero attached hydrogens (tertiary/aromatic N) is 1. The molecule has 0 saturated heterocycles. The molecule has 1 aromatic heterocycles. The molecule has 9 heteroatoms. The van der Waals surface area contributed by atoms with Gasteiger partial charge in [0.05, 0.1) is 12.4 Å². The summed E-state index contributed by atoms with van der Waals surface area (Å²) in [6.07, 6.45) is 6.33. The van der Waals surface area contributed by atoms with Crippen molar-refractivity contribution in [2.24, 2.45) is 5.92 Å². The minimum absolute atomic E-state index is 0.147. The summed E-state index contributed by atoms with van der Waals surface area (Å²) in [7, 11) is 0. The third-order valence-corrected chi connectivity index (χ3v) is 6.48. The molecular weight excluding hydrogens is 506 g/mol. The van der Waals surface area contributed by atoms with Crippen LogP contribution in [0.2, 0.25) is 0 Å². The first-order valence-electron chi connectivity index (χ1n) is 13.7. The van der Waals surface area contributed by atoms with Crippen LogP contribution in [0.15, 0.2) is 73.2 Å². The van der Waals surface area contributed by atoms with Gasteiger partial charge in [0.15, 0.2) is 0 Å². The minimum Gasteiger partial charge on any atom is -0.348 e. The van der Waals surface area contributed by atoms with Gasteiger partial charge < -0.3 is 25.7 Å². The van der Waals surface area contributed by atoms with E-state index in [-0.39, 0.29) is 31.1 Å². The molecule has 0 fully saturated rings. The highest BCUT2D eigenvalue weighted by molar-refractivity contribution is 5.93. The number of carbonyl (C=O) groups is 4. The second kappa shape index (κ2) is 16.0. The lowest BCUT2D eigenvalue weighted by Gasteiger charge is -2.24. The highest BCUT2D eigenvalue weighted by Crippen LogP contribution is 2.09. The smallest absolute Gasteiger partial charge is 0.243 e. The van der Waals surface area contributed by atoms with Crippen LogP contribution in [-0.2, 0) is 38.4 Å². The number of aryl methyl sites for hydroxylation is 1. The van der Waals surface area contributed by atoms with Crippen molar-refractivity contribution in [1.82, 2.24) is 25.9 Å². The Bertz CT molecular complexity index is 1200. The lowest BCUT2D eigenvalue weighted by molar-refractivity contribution is -0.132. The van der Waals surface area contributed by atoms with Crippen LogP contribution in [0.5, 0.6) is 0 Å². The first-order valence-corrected chi connectivity index (χ1v) is 13.7. The molecule has 0 radical (unpaired) electrons. The standard InChI is InChI=1S/C31H39N5O4/c1-22(2)16-26(20-37)34-30(39)28(18-25-19-32-21-33-25)36-31(40)27(17-24-12-7-4-8-13-24)35-29(38)15-9-14-23-10-5-3-6-11-23/h3-8,10-13,19-22,26-28H,9,14-18H2,1-2H3,(H,32,33)(H,34,39)(H,35,38)(H,36,40)/t26-,27-,28-/m0/s1. The number of benzene rings is 2. The monoisotopic (exact) mass is 545 g/mol. The van der Waals surface area contributed by atoms with Gasteiger partial charge in [0.25, 0.3) is 0 Å². The van der Waals surface area contributed by atoms with Gasteiger partial charge in [0, 0.05) is 31.2 Å². The molecule has 40 heavy (non-hydrogen) atoms. The highest BCUT2D eigenvalue weighted by atomic mass is 16.2. The summed E-state index contributed by atoms with van der Waals surface area (Å²) >= 11 is 0. The fourth-order valence-electron chi connectivity index (χ4n) is 4.46. The van der Waals surface area contributed by atoms with Gasteiger partial charge in [-0.3, -0.25) is 14.4 Å². The normalized spacial score (nSPS) is 13.2. The number of aromatic amines is 1. The summed E-state index contributed by atoms with van der Waals surface area (Å²) in [6, 6.07) is 16.8. The van der Waals surface area contributed by atoms with E-state index in [2.05, 4.69) is 25.9 Å². The van der Waals surface area contributed by atoms with Crippen LogP contribution in [0.25, 0.3) is 0 Å². The summed E-state index contributed by atoms with van der Waals surface area (Å²) in [5.74, 6) is -0.997. The van der Waals surface area contributed by atoms with Gasteiger partial charge in [-0.05, 0) is 36.3 Å². The van der Waals surface area contributed by atoms with Crippen LogP contribution in [0, 0.1) is 5.92 Å². The molecule has 0 spiro atoms. The molecule has 0 saturated carbocycles. The first-order chi connectivity index (χ1) is 19.3. The zero-order chi connectivity index (χ0) is 28.7. The van der Waals surface area contributed by atoms with Gasteiger partial charge in [-0.1, -0.05) is 74.5 Å². The topological polar surface area (TPSA) is 133 Å². The van der Waals surface area contributed by atoms with E-state index >= 15 is 0 Å². The Morgan fingerprint density at radius 3 is 2.08 bits per heavy atom. The number of carbonyl (C=O) groups excluding carboxylic acids is 4. The molecule has 0 unspecified atom stereocenters. The number of imidazole rings is 1. The molecule has 0 bridgehead atoms. The van der Waals surface area contributed by atoms with Gasteiger partial charge in [-0.25, -0.2) is 4.98 Å². The average molecular weight is 546 g/mol. The molecule has 3 atom stereocenters. The van der Waals surface area contributed by atoms with Crippen molar-refractivity contribution in [2.45, 2.75) is 70.5 Å². The third-order valence-electron chi connectivity index (χ3n) is 6.48. The van der Waals surface area contributed by atoms with Crippen LogP contribution in [0.3, 0.4) is 0 Å². The van der Waals surface area contributed by atoms with E-state index < -0.39 is 29.9 Å². The molecule has 1 heterocycles. The fourth-order valence-corrected chi connectivity index (χ4v) is 4.46. The van der Waals surface area contributed by atoms with Crippen LogP contribution < -0.4 is 16.0 Å². The maximum atomic E-state index is 13.6. The summed E-state index contributed by atoms with van der Waals surface area (Å²) < 4.78 is 0. The Morgan fingerprint density at radius 1 is 0.850 bits per heavy atom. The lowest BCUT2D eigenvalue weighted by Crippen LogP contribution is -2.56. The predicted molar refractivity (Wildman–Crippen MR) is 153 cm³/mol. The van der Waals surface area contributed by atoms with Gasteiger partial charge in [-0.15, -0.1) is 0 Å². The fraction of sp³-hybridized carbons (Fsp3) is 0.387. The minimum atomic E-state index is -0.976. The van der Waals surface area contributed by atoms with E-state index in [1.54, 1.807) is 6.20 Å². The van der Waals surface area contributed by atoms with E-state index in [4.69, 9.17) is 0 Å². The number of nitrogens with one attached hydrogen (secondary N) is 4. The molecule has 3 rings (SSSR count). The van der Waals surface area contributed by atoms with Crippen molar-refractivity contribution in [3.05, 3.63) is 90.0 Å². The molecule has 4 N–H and O–H groups in total. The number of H-pyrrole nitrogens is 1. The summed E-state index contributed by atoms with van der Waals surface area (Å²) in [4.78, 5) is 58.2. The van der Waals surface area contributed by atoms with E-state index in [0.29, 0.717) is 24.8 Å². The lowest BCUT2D eigenvalue weighted by atomic mass is 10.0. The average Bonchev–Trinajstić information content (AvgIpc) is 3.46. The summed E-state index contributed by atoms with van der Waals surface area (Å²) in [6.45, 7) is 3.92. The Labute approximate surface area is 235 Å². The molecule has 3 amide bonds. The maximum Gasteiger partial charge on any atom is 0.243 e. The molecule has 9 nitrogen and oxygen atoms in total. The first kappa shape index (κ1) is 30.3. The second-order valence-corrected chi connectivity index (χ2v) is 10.4. The molecule has 0 aliphatic carbocycles. The van der Waals surface area contributed by atoms with Crippen LogP contribution in [0.4, 0.5) is 0 Å². The second-order valence-electron chi connectivity index (χ2n) is 10.4. The van der Waals surface area contributed by atoms with Crippen LogP contribution in [-0.4, -0.2) is 52.1 Å². The van der Waals surface area contributed by atoms with Gasteiger partial charge in [0.2, 0.25) is 17.7 Å². The quantitative estimate of drug-likeness (QED) is 0.206. The van der Waals surface area contributed by atoms with Crippen molar-refractivity contribution in [1.29, 1.82) is 0 Å². The van der Waals surface area contributed by atoms with Gasteiger partial charge >= 0.3 is 0 Å². The van der Waals surface area contributed by atoms with Gasteiger partial charge in [-0.2, -0.15) is 0 Å². The van der Waals surface area contributed by atoms with Crippen LogP contribution in [0.1, 0.15) is 49.9 Å². The zero-order valence-corrected chi connectivity index (χ0v) is 23.1. The molecular formula is C31H39N5O4. The Hall–Kier alpha value is -4.27. The largest absolute Gasteiger partial charge is 0.348 e. The van der Waals surface area contributed by atoms with Crippen molar-refractivity contribution < 1.29 is 19.2 Å². The number of rotatable bonds is 16. The SMILES string of the molecule is CC(C)C[C@@H](C=O)NC(=O)[C@H](Cc1cnc[nH]1)NC(=O)[C@H](Cc1ccccc1)NC(=O)CCCc1ccccc1. The van der Waals surface area contributed by atoms with Crippen molar-refractivity contribution in [3.8, 4) is 0 Å². The Kier molecular flexibility index (Phi) is 12.1. The predicted octanol–water partition coefficient (Wildman–Crippen LogP) is 2.92. The van der Waals surface area contributed by atoms with E-state index in [9.17, 15) is 19.2 Å². The number of hydrogen-bond acceptors (Lipinski definition) is 5. The Balaban J connectivity index is 1.71. The molecule has 0 aliphatic rings. The highest BCUT2D eigenvalue weighted by Gasteiger charge is 2.29. The number of hydrogen-bond donors (Lipinski definition) is 4.